The summed E-state index contributed by atoms with van der Waals surface area (Å²) in [5.74, 6) is 1.41. The number of ether oxygens (including phenoxy) is 2. The van der Waals surface area contributed by atoms with E-state index in [2.05, 4.69) is 24.3 Å². The molecule has 1 N–H and O–H groups in total. The first-order valence-electron chi connectivity index (χ1n) is 8.09. The molecule has 136 valence electrons. The molecule has 0 unspecified atom stereocenters. The number of benzene rings is 1. The van der Waals surface area contributed by atoms with Crippen molar-refractivity contribution >= 4 is 17.5 Å². The highest BCUT2D eigenvalue weighted by molar-refractivity contribution is 6.33. The highest BCUT2D eigenvalue weighted by Gasteiger charge is 2.20. The van der Waals surface area contributed by atoms with Gasteiger partial charge in [0.05, 0.1) is 25.5 Å². The SMILES string of the molecule is COc1ccc(CNC(=O)c2c(C)nn(CC(C)C)c2Cl)cc1OC. The van der Waals surface area contributed by atoms with Crippen molar-refractivity contribution in [2.75, 3.05) is 14.2 Å². The Balaban J connectivity index is 2.12. The number of halogens is 1. The number of hydrogen-bond donors (Lipinski definition) is 1. The molecule has 0 spiro atoms. The topological polar surface area (TPSA) is 65.4 Å². The summed E-state index contributed by atoms with van der Waals surface area (Å²) < 4.78 is 12.2. The van der Waals surface area contributed by atoms with E-state index in [4.69, 9.17) is 21.1 Å². The van der Waals surface area contributed by atoms with Gasteiger partial charge in [0.1, 0.15) is 5.15 Å². The fraction of sp³-hybridized carbons (Fsp3) is 0.444. The average Bonchev–Trinajstić information content (AvgIpc) is 2.85. The van der Waals surface area contributed by atoms with Crippen LogP contribution in [0.25, 0.3) is 0 Å². The molecular formula is C18H24ClN3O3. The van der Waals surface area contributed by atoms with Crippen LogP contribution in [0.15, 0.2) is 18.2 Å². The largest absolute Gasteiger partial charge is 0.493 e. The Labute approximate surface area is 153 Å². The van der Waals surface area contributed by atoms with Gasteiger partial charge in [-0.05, 0) is 30.5 Å². The lowest BCUT2D eigenvalue weighted by Gasteiger charge is -2.10. The Morgan fingerprint density at radius 2 is 1.96 bits per heavy atom. The van der Waals surface area contributed by atoms with Gasteiger partial charge in [0.15, 0.2) is 11.5 Å². The van der Waals surface area contributed by atoms with Gasteiger partial charge < -0.3 is 14.8 Å². The number of aromatic nitrogens is 2. The minimum atomic E-state index is -0.243. The second-order valence-electron chi connectivity index (χ2n) is 6.20. The van der Waals surface area contributed by atoms with Gasteiger partial charge in [0.2, 0.25) is 0 Å². The van der Waals surface area contributed by atoms with Gasteiger partial charge >= 0.3 is 0 Å². The Kier molecular flexibility index (Phi) is 6.31. The quantitative estimate of drug-likeness (QED) is 0.816. The van der Waals surface area contributed by atoms with Gasteiger partial charge in [0.25, 0.3) is 5.91 Å². The van der Waals surface area contributed by atoms with Crippen molar-refractivity contribution in [2.24, 2.45) is 5.92 Å². The summed E-state index contributed by atoms with van der Waals surface area (Å²) in [4.78, 5) is 12.5. The number of carbonyl (C=O) groups excluding carboxylic acids is 1. The second-order valence-corrected chi connectivity index (χ2v) is 6.56. The van der Waals surface area contributed by atoms with E-state index in [-0.39, 0.29) is 5.91 Å². The third kappa shape index (κ3) is 4.45. The molecule has 1 amide bonds. The summed E-state index contributed by atoms with van der Waals surface area (Å²) in [7, 11) is 3.16. The first-order chi connectivity index (χ1) is 11.9. The number of rotatable bonds is 7. The third-order valence-corrected chi connectivity index (χ3v) is 4.12. The molecule has 0 fully saturated rings. The van der Waals surface area contributed by atoms with E-state index in [1.807, 2.05) is 12.1 Å². The van der Waals surface area contributed by atoms with Crippen LogP contribution in [0.2, 0.25) is 5.15 Å². The lowest BCUT2D eigenvalue weighted by Crippen LogP contribution is -2.23. The maximum Gasteiger partial charge on any atom is 0.256 e. The van der Waals surface area contributed by atoms with Gasteiger partial charge in [-0.15, -0.1) is 0 Å². The van der Waals surface area contributed by atoms with Gasteiger partial charge in [-0.25, -0.2) is 0 Å². The third-order valence-electron chi connectivity index (χ3n) is 3.73. The zero-order valence-corrected chi connectivity index (χ0v) is 16.0. The van der Waals surface area contributed by atoms with Crippen molar-refractivity contribution in [3.8, 4) is 11.5 Å². The number of methoxy groups -OCH3 is 2. The Bertz CT molecular complexity index is 756. The Morgan fingerprint density at radius 1 is 1.28 bits per heavy atom. The normalized spacial score (nSPS) is 10.8. The standard InChI is InChI=1S/C18H24ClN3O3/c1-11(2)10-22-17(19)16(12(3)21-22)18(23)20-9-13-6-7-14(24-4)15(8-13)25-5/h6-8,11H,9-10H2,1-5H3,(H,20,23). The van der Waals surface area contributed by atoms with Gasteiger partial charge in [-0.3, -0.25) is 9.48 Å². The molecule has 0 radical (unpaired) electrons. The predicted molar refractivity (Wildman–Crippen MR) is 97.5 cm³/mol. The smallest absolute Gasteiger partial charge is 0.256 e. The zero-order chi connectivity index (χ0) is 18.6. The van der Waals surface area contributed by atoms with E-state index in [1.165, 1.54) is 0 Å². The lowest BCUT2D eigenvalue weighted by atomic mass is 10.2. The van der Waals surface area contributed by atoms with Crippen molar-refractivity contribution < 1.29 is 14.3 Å². The number of amides is 1. The first-order valence-corrected chi connectivity index (χ1v) is 8.47. The molecule has 0 aliphatic rings. The van der Waals surface area contributed by atoms with Crippen LogP contribution in [-0.2, 0) is 13.1 Å². The predicted octanol–water partition coefficient (Wildman–Crippen LogP) is 3.45. The van der Waals surface area contributed by atoms with E-state index in [0.717, 1.165) is 5.56 Å². The Morgan fingerprint density at radius 3 is 2.56 bits per heavy atom. The molecule has 0 atom stereocenters. The fourth-order valence-electron chi connectivity index (χ4n) is 2.54. The zero-order valence-electron chi connectivity index (χ0n) is 15.2. The minimum absolute atomic E-state index is 0.243. The molecule has 1 aromatic heterocycles. The van der Waals surface area contributed by atoms with E-state index < -0.39 is 0 Å². The fourth-order valence-corrected chi connectivity index (χ4v) is 2.87. The molecular weight excluding hydrogens is 342 g/mol. The molecule has 7 heteroatoms. The molecule has 25 heavy (non-hydrogen) atoms. The summed E-state index contributed by atoms with van der Waals surface area (Å²) in [5, 5.41) is 7.61. The molecule has 1 heterocycles. The summed E-state index contributed by atoms with van der Waals surface area (Å²) in [6.45, 7) is 6.95. The number of nitrogens with zero attached hydrogens (tertiary/aromatic N) is 2. The molecule has 1 aromatic carbocycles. The molecule has 2 rings (SSSR count). The highest BCUT2D eigenvalue weighted by atomic mass is 35.5. The van der Waals surface area contributed by atoms with Crippen LogP contribution in [0.1, 0.15) is 35.5 Å². The Hall–Kier alpha value is -2.21. The van der Waals surface area contributed by atoms with E-state index in [1.54, 1.807) is 31.9 Å². The van der Waals surface area contributed by atoms with Gasteiger partial charge in [0, 0.05) is 13.1 Å². The van der Waals surface area contributed by atoms with Crippen LogP contribution in [0, 0.1) is 12.8 Å². The van der Waals surface area contributed by atoms with Gasteiger partial charge in [-0.2, -0.15) is 5.10 Å². The maximum absolute atomic E-state index is 12.5. The van der Waals surface area contributed by atoms with Crippen LogP contribution >= 0.6 is 11.6 Å². The summed E-state index contributed by atoms with van der Waals surface area (Å²) >= 11 is 6.34. The van der Waals surface area contributed by atoms with Crippen LogP contribution in [0.4, 0.5) is 0 Å². The number of carbonyl (C=O) groups is 1. The van der Waals surface area contributed by atoms with E-state index >= 15 is 0 Å². The van der Waals surface area contributed by atoms with Crippen molar-refractivity contribution in [1.82, 2.24) is 15.1 Å². The monoisotopic (exact) mass is 365 g/mol. The molecule has 6 nitrogen and oxygen atoms in total. The van der Waals surface area contributed by atoms with E-state index in [0.29, 0.717) is 46.9 Å². The van der Waals surface area contributed by atoms with Crippen molar-refractivity contribution in [3.63, 3.8) is 0 Å². The molecule has 0 saturated heterocycles. The van der Waals surface area contributed by atoms with Crippen LogP contribution in [0.3, 0.4) is 0 Å². The molecule has 0 bridgehead atoms. The van der Waals surface area contributed by atoms with Crippen LogP contribution in [0.5, 0.6) is 11.5 Å². The summed E-state index contributed by atoms with van der Waals surface area (Å²) in [5.41, 5.74) is 1.94. The molecule has 2 aromatic rings. The van der Waals surface area contributed by atoms with Crippen LogP contribution < -0.4 is 14.8 Å². The average molecular weight is 366 g/mol. The summed E-state index contributed by atoms with van der Waals surface area (Å²) in [6.07, 6.45) is 0. The van der Waals surface area contributed by atoms with E-state index in [9.17, 15) is 4.79 Å². The number of nitrogens with one attached hydrogen (secondary N) is 1. The number of hydrogen-bond acceptors (Lipinski definition) is 4. The summed E-state index contributed by atoms with van der Waals surface area (Å²) in [6, 6.07) is 5.51. The number of aryl methyl sites for hydroxylation is 1. The molecule has 0 saturated carbocycles. The second kappa shape index (κ2) is 8.25. The minimum Gasteiger partial charge on any atom is -0.493 e. The first kappa shape index (κ1) is 19.1. The van der Waals surface area contributed by atoms with Crippen molar-refractivity contribution in [1.29, 1.82) is 0 Å². The van der Waals surface area contributed by atoms with Crippen LogP contribution in [-0.4, -0.2) is 29.9 Å². The highest BCUT2D eigenvalue weighted by Crippen LogP contribution is 2.27. The maximum atomic E-state index is 12.5. The lowest BCUT2D eigenvalue weighted by molar-refractivity contribution is 0.0950. The molecule has 0 aliphatic heterocycles. The van der Waals surface area contributed by atoms with Crippen molar-refractivity contribution in [2.45, 2.75) is 33.9 Å². The van der Waals surface area contributed by atoms with Gasteiger partial charge in [-0.1, -0.05) is 31.5 Å². The van der Waals surface area contributed by atoms with Crippen molar-refractivity contribution in [3.05, 3.63) is 40.2 Å². The molecule has 0 aliphatic carbocycles.